The summed E-state index contributed by atoms with van der Waals surface area (Å²) in [7, 11) is -2.36. The Morgan fingerprint density at radius 3 is 2.48 bits per heavy atom. The monoisotopic (exact) mass is 308 g/mol. The van der Waals surface area contributed by atoms with E-state index < -0.39 is 21.7 Å². The van der Waals surface area contributed by atoms with Crippen LogP contribution in [0.15, 0.2) is 53.4 Å². The number of sulfonamides is 1. The number of rotatable bonds is 4. The molecule has 0 bridgehead atoms. The third kappa shape index (κ3) is 3.45. The molecule has 1 amide bonds. The van der Waals surface area contributed by atoms with Crippen molar-refractivity contribution in [2.24, 2.45) is 0 Å². The lowest BCUT2D eigenvalue weighted by Gasteiger charge is -2.08. The zero-order valence-corrected chi connectivity index (χ0v) is 11.9. The van der Waals surface area contributed by atoms with Gasteiger partial charge in [0.25, 0.3) is 5.91 Å². The topological polar surface area (TPSA) is 75.3 Å². The van der Waals surface area contributed by atoms with E-state index in [9.17, 15) is 17.6 Å². The lowest BCUT2D eigenvalue weighted by Crippen LogP contribution is -2.19. The molecule has 0 atom stereocenters. The number of carbonyl (C=O) groups excluding carboxylic acids is 1. The van der Waals surface area contributed by atoms with Crippen LogP contribution in [0.1, 0.15) is 10.4 Å². The number of benzene rings is 2. The molecule has 5 nitrogen and oxygen atoms in total. The number of nitrogens with one attached hydrogen (secondary N) is 2. The van der Waals surface area contributed by atoms with Crippen molar-refractivity contribution in [3.05, 3.63) is 59.9 Å². The van der Waals surface area contributed by atoms with E-state index in [2.05, 4.69) is 10.0 Å². The van der Waals surface area contributed by atoms with Crippen LogP contribution in [0.25, 0.3) is 0 Å². The molecule has 0 unspecified atom stereocenters. The first-order valence-corrected chi connectivity index (χ1v) is 7.52. The zero-order chi connectivity index (χ0) is 15.5. The molecule has 0 aliphatic rings. The van der Waals surface area contributed by atoms with Crippen molar-refractivity contribution in [3.63, 3.8) is 0 Å². The number of halogens is 1. The molecule has 0 radical (unpaired) electrons. The molecule has 0 aliphatic heterocycles. The van der Waals surface area contributed by atoms with Crippen LogP contribution in [0.4, 0.5) is 10.1 Å². The predicted molar refractivity (Wildman–Crippen MR) is 77.0 cm³/mol. The number of para-hydroxylation sites is 1. The summed E-state index contributed by atoms with van der Waals surface area (Å²) in [5.74, 6) is -1.15. The van der Waals surface area contributed by atoms with E-state index in [1.807, 2.05) is 0 Å². The lowest BCUT2D eigenvalue weighted by molar-refractivity contribution is 0.102. The Hall–Kier alpha value is -2.25. The highest BCUT2D eigenvalue weighted by atomic mass is 32.2. The number of anilines is 1. The minimum Gasteiger partial charge on any atom is -0.319 e. The third-order valence-electron chi connectivity index (χ3n) is 2.80. The van der Waals surface area contributed by atoms with Crippen molar-refractivity contribution in [2.45, 2.75) is 4.90 Å². The minimum atomic E-state index is -3.64. The molecule has 0 spiro atoms. The van der Waals surface area contributed by atoms with Gasteiger partial charge in [0.1, 0.15) is 5.82 Å². The van der Waals surface area contributed by atoms with Gasteiger partial charge in [0, 0.05) is 5.56 Å². The van der Waals surface area contributed by atoms with Crippen LogP contribution in [0.2, 0.25) is 0 Å². The maximum Gasteiger partial charge on any atom is 0.255 e. The van der Waals surface area contributed by atoms with Crippen LogP contribution in [0.5, 0.6) is 0 Å². The smallest absolute Gasteiger partial charge is 0.255 e. The van der Waals surface area contributed by atoms with E-state index in [0.29, 0.717) is 0 Å². The second-order valence-electron chi connectivity index (χ2n) is 4.17. The highest BCUT2D eigenvalue weighted by molar-refractivity contribution is 7.89. The van der Waals surface area contributed by atoms with Crippen LogP contribution >= 0.6 is 0 Å². The number of hydrogen-bond donors (Lipinski definition) is 2. The highest BCUT2D eigenvalue weighted by Gasteiger charge is 2.15. The predicted octanol–water partition coefficient (Wildman–Crippen LogP) is 1.99. The number of hydrogen-bond acceptors (Lipinski definition) is 3. The Morgan fingerprint density at radius 1 is 1.10 bits per heavy atom. The molecule has 2 aromatic carbocycles. The first-order valence-electron chi connectivity index (χ1n) is 6.03. The van der Waals surface area contributed by atoms with Gasteiger partial charge in [-0.15, -0.1) is 0 Å². The van der Waals surface area contributed by atoms with Gasteiger partial charge >= 0.3 is 0 Å². The van der Waals surface area contributed by atoms with E-state index in [4.69, 9.17) is 0 Å². The van der Waals surface area contributed by atoms with E-state index in [1.165, 1.54) is 49.5 Å². The van der Waals surface area contributed by atoms with Crippen LogP contribution in [0, 0.1) is 5.82 Å². The molecule has 0 saturated carbocycles. The van der Waals surface area contributed by atoms with Crippen LogP contribution < -0.4 is 10.0 Å². The van der Waals surface area contributed by atoms with Gasteiger partial charge in [0.15, 0.2) is 0 Å². The molecule has 21 heavy (non-hydrogen) atoms. The lowest BCUT2D eigenvalue weighted by atomic mass is 10.2. The maximum atomic E-state index is 13.5. The van der Waals surface area contributed by atoms with Gasteiger partial charge in [0.2, 0.25) is 10.0 Å². The summed E-state index contributed by atoms with van der Waals surface area (Å²) in [5, 5.41) is 2.39. The zero-order valence-electron chi connectivity index (χ0n) is 11.1. The fourth-order valence-corrected chi connectivity index (χ4v) is 2.45. The van der Waals surface area contributed by atoms with Crippen molar-refractivity contribution in [1.29, 1.82) is 0 Å². The fourth-order valence-electron chi connectivity index (χ4n) is 1.68. The molecule has 2 aromatic rings. The van der Waals surface area contributed by atoms with Crippen molar-refractivity contribution in [1.82, 2.24) is 4.72 Å². The van der Waals surface area contributed by atoms with Gasteiger partial charge in [0.05, 0.1) is 10.6 Å². The Kier molecular flexibility index (Phi) is 4.35. The first-order chi connectivity index (χ1) is 9.94. The molecule has 2 rings (SSSR count). The Balaban J connectivity index is 2.29. The summed E-state index contributed by atoms with van der Waals surface area (Å²) in [6.45, 7) is 0. The normalized spacial score (nSPS) is 11.1. The molecule has 0 saturated heterocycles. The third-order valence-corrected chi connectivity index (χ3v) is 4.21. The summed E-state index contributed by atoms with van der Waals surface area (Å²) < 4.78 is 39.0. The van der Waals surface area contributed by atoms with Gasteiger partial charge in [-0.2, -0.15) is 0 Å². The average molecular weight is 308 g/mol. The Morgan fingerprint density at radius 2 is 1.81 bits per heavy atom. The number of carbonyl (C=O) groups is 1. The van der Waals surface area contributed by atoms with Crippen LogP contribution in [0.3, 0.4) is 0 Å². The summed E-state index contributed by atoms with van der Waals surface area (Å²) in [5.41, 5.74) is 0.152. The second kappa shape index (κ2) is 6.02. The molecule has 0 heterocycles. The minimum absolute atomic E-state index is 0.0318. The molecular formula is C14H13FN2O3S. The molecule has 7 heteroatoms. The van der Waals surface area contributed by atoms with Gasteiger partial charge in [-0.3, -0.25) is 4.79 Å². The van der Waals surface area contributed by atoms with Crippen molar-refractivity contribution in [3.8, 4) is 0 Å². The maximum absolute atomic E-state index is 13.5. The first kappa shape index (κ1) is 15.1. The van der Waals surface area contributed by atoms with Crippen LogP contribution in [-0.2, 0) is 10.0 Å². The van der Waals surface area contributed by atoms with Gasteiger partial charge in [-0.05, 0) is 37.4 Å². The quantitative estimate of drug-likeness (QED) is 0.907. The standard InChI is InChI=1S/C14H13FN2O3S/c1-16-21(19,20)11-6-4-5-10(9-11)14(18)17-13-8-3-2-7-12(13)15/h2-9,16H,1H3,(H,17,18). The Bertz CT molecular complexity index is 775. The molecule has 0 aromatic heterocycles. The van der Waals surface area contributed by atoms with Gasteiger partial charge in [-0.1, -0.05) is 18.2 Å². The SMILES string of the molecule is CNS(=O)(=O)c1cccc(C(=O)Nc2ccccc2F)c1. The van der Waals surface area contributed by atoms with E-state index in [-0.39, 0.29) is 16.1 Å². The molecule has 0 fully saturated rings. The highest BCUT2D eigenvalue weighted by Crippen LogP contribution is 2.16. The average Bonchev–Trinajstić information content (AvgIpc) is 2.49. The largest absolute Gasteiger partial charge is 0.319 e. The van der Waals surface area contributed by atoms with E-state index >= 15 is 0 Å². The van der Waals surface area contributed by atoms with Crippen molar-refractivity contribution in [2.75, 3.05) is 12.4 Å². The fraction of sp³-hybridized carbons (Fsp3) is 0.0714. The Labute approximate surface area is 121 Å². The molecule has 0 aliphatic carbocycles. The van der Waals surface area contributed by atoms with E-state index in [1.54, 1.807) is 6.07 Å². The van der Waals surface area contributed by atoms with Crippen LogP contribution in [-0.4, -0.2) is 21.4 Å². The second-order valence-corrected chi connectivity index (χ2v) is 6.06. The summed E-state index contributed by atoms with van der Waals surface area (Å²) >= 11 is 0. The van der Waals surface area contributed by atoms with E-state index in [0.717, 1.165) is 0 Å². The van der Waals surface area contributed by atoms with Crippen molar-refractivity contribution >= 4 is 21.6 Å². The van der Waals surface area contributed by atoms with Gasteiger partial charge in [-0.25, -0.2) is 17.5 Å². The molecule has 2 N–H and O–H groups in total. The summed E-state index contributed by atoms with van der Waals surface area (Å²) in [6.07, 6.45) is 0. The number of amides is 1. The van der Waals surface area contributed by atoms with Crippen molar-refractivity contribution < 1.29 is 17.6 Å². The summed E-state index contributed by atoms with van der Waals surface area (Å²) in [4.78, 5) is 12.0. The molecule has 110 valence electrons. The molecular weight excluding hydrogens is 295 g/mol. The summed E-state index contributed by atoms with van der Waals surface area (Å²) in [6, 6.07) is 11.2. The van der Waals surface area contributed by atoms with Gasteiger partial charge < -0.3 is 5.32 Å².